The van der Waals surface area contributed by atoms with Gasteiger partial charge in [-0.15, -0.1) is 0 Å². The van der Waals surface area contributed by atoms with Gasteiger partial charge in [0.2, 0.25) is 17.5 Å². The second-order valence-electron chi connectivity index (χ2n) is 7.19. The fraction of sp³-hybridized carbons (Fsp3) is 0.286. The quantitative estimate of drug-likeness (QED) is 0.243. The molecule has 1 aromatic heterocycles. The smallest absolute Gasteiger partial charge is 0.238 e. The third-order valence-corrected chi connectivity index (χ3v) is 5.00. The Hall–Kier alpha value is -3.55. The van der Waals surface area contributed by atoms with Gasteiger partial charge in [0, 0.05) is 17.7 Å². The molecule has 1 saturated heterocycles. The zero-order valence-electron chi connectivity index (χ0n) is 19.5. The van der Waals surface area contributed by atoms with Crippen LogP contribution in [-0.2, 0) is 4.74 Å². The zero-order valence-corrected chi connectivity index (χ0v) is 16.5. The number of aromatic hydroxyl groups is 4. The van der Waals surface area contributed by atoms with E-state index in [1.807, 2.05) is 0 Å². The van der Waals surface area contributed by atoms with Crippen molar-refractivity contribution < 1.29 is 58.9 Å². The van der Waals surface area contributed by atoms with Gasteiger partial charge in [0.15, 0.2) is 17.3 Å². The molecule has 2 heterocycles. The summed E-state index contributed by atoms with van der Waals surface area (Å²) in [6, 6.07) is -1.03. The molecule has 0 spiro atoms. The predicted octanol–water partition coefficient (Wildman–Crippen LogP) is -0.539. The Bertz CT molecular complexity index is 1380. The number of fused-ring (bicyclic) bond motifs is 1. The van der Waals surface area contributed by atoms with Crippen LogP contribution in [0.3, 0.4) is 0 Å². The molecule has 8 N–H and O–H groups in total. The highest BCUT2D eigenvalue weighted by Gasteiger charge is 2.45. The maximum Gasteiger partial charge on any atom is 0.238 e. The van der Waals surface area contributed by atoms with Gasteiger partial charge in [-0.1, -0.05) is 0 Å². The molecule has 0 unspecified atom stereocenters. The largest absolute Gasteiger partial charge is 0.508 e. The third kappa shape index (κ3) is 3.90. The monoisotopic (exact) mass is 467 g/mol. The topological polar surface area (TPSA) is 211 Å². The molecule has 176 valence electrons. The standard InChI is InChI=1S/C21H20O12/c22-6-13-15(26)17(28)19(30)21(33-13)32-11-2-1-7(3-9(11)24)20-18(29)16(27)14-10(25)4-8(23)5-12(14)31-20/h1-5,13,15,17,19,21-26,28-30H,6H2/t13-,15-,17+,19-,21-/m1/s1/i1D,2D,3D. The molecule has 0 radical (unpaired) electrons. The van der Waals surface area contributed by atoms with Crippen molar-refractivity contribution in [1.82, 2.24) is 0 Å². The van der Waals surface area contributed by atoms with Crippen molar-refractivity contribution in [2.45, 2.75) is 30.7 Å². The maximum absolute atomic E-state index is 12.6. The number of phenols is 3. The van der Waals surface area contributed by atoms with Crippen LogP contribution in [-0.4, -0.2) is 78.2 Å². The van der Waals surface area contributed by atoms with E-state index in [2.05, 4.69) is 0 Å². The van der Waals surface area contributed by atoms with Crippen LogP contribution >= 0.6 is 0 Å². The van der Waals surface area contributed by atoms with E-state index in [1.54, 1.807) is 0 Å². The molecule has 1 aliphatic heterocycles. The average molecular weight is 467 g/mol. The first-order chi connectivity index (χ1) is 16.9. The Balaban J connectivity index is 1.85. The van der Waals surface area contributed by atoms with Crippen LogP contribution in [0, 0.1) is 0 Å². The van der Waals surface area contributed by atoms with E-state index in [4.69, 9.17) is 18.0 Å². The van der Waals surface area contributed by atoms with Crippen molar-refractivity contribution in [2.24, 2.45) is 0 Å². The van der Waals surface area contributed by atoms with E-state index in [0.717, 1.165) is 12.1 Å². The number of aliphatic hydroxyl groups excluding tert-OH is 4. The summed E-state index contributed by atoms with van der Waals surface area (Å²) in [7, 11) is 0. The summed E-state index contributed by atoms with van der Waals surface area (Å²) in [4.78, 5) is 12.6. The van der Waals surface area contributed by atoms with Gasteiger partial charge in [-0.25, -0.2) is 0 Å². The van der Waals surface area contributed by atoms with E-state index in [9.17, 15) is 45.6 Å². The van der Waals surface area contributed by atoms with Crippen molar-refractivity contribution in [3.63, 3.8) is 0 Å². The molecule has 33 heavy (non-hydrogen) atoms. The molecular formula is C21H20O12. The van der Waals surface area contributed by atoms with Crippen LogP contribution in [0.5, 0.6) is 28.7 Å². The molecule has 12 nitrogen and oxygen atoms in total. The van der Waals surface area contributed by atoms with Crippen molar-refractivity contribution >= 4 is 11.0 Å². The third-order valence-electron chi connectivity index (χ3n) is 5.00. The summed E-state index contributed by atoms with van der Waals surface area (Å²) in [5, 5.41) is 79.3. The van der Waals surface area contributed by atoms with E-state index < -0.39 is 112 Å². The minimum atomic E-state index is -1.92. The van der Waals surface area contributed by atoms with Crippen LogP contribution in [0.15, 0.2) is 39.5 Å². The lowest BCUT2D eigenvalue weighted by atomic mass is 9.99. The molecule has 12 heteroatoms. The van der Waals surface area contributed by atoms with Gasteiger partial charge in [-0.3, -0.25) is 4.79 Å². The maximum atomic E-state index is 12.6. The normalized spacial score (nSPS) is 26.5. The highest BCUT2D eigenvalue weighted by Crippen LogP contribution is 2.39. The molecule has 5 atom stereocenters. The summed E-state index contributed by atoms with van der Waals surface area (Å²) in [5.74, 6) is -5.18. The van der Waals surface area contributed by atoms with Crippen molar-refractivity contribution in [3.05, 3.63) is 40.5 Å². The number of rotatable bonds is 4. The predicted molar refractivity (Wildman–Crippen MR) is 109 cm³/mol. The number of ether oxygens (including phenoxy) is 2. The van der Waals surface area contributed by atoms with Gasteiger partial charge in [0.05, 0.1) is 10.7 Å². The summed E-state index contributed by atoms with van der Waals surface area (Å²) < 4.78 is 40.5. The highest BCUT2D eigenvalue weighted by molar-refractivity contribution is 5.88. The van der Waals surface area contributed by atoms with Crippen LogP contribution in [0.4, 0.5) is 0 Å². The van der Waals surface area contributed by atoms with Crippen LogP contribution in [0.2, 0.25) is 0 Å². The minimum Gasteiger partial charge on any atom is -0.508 e. The molecule has 2 aromatic carbocycles. The first kappa shape index (κ1) is 19.0. The number of hydrogen-bond acceptors (Lipinski definition) is 12. The Kier molecular flexibility index (Phi) is 4.84. The lowest BCUT2D eigenvalue weighted by Gasteiger charge is -2.39. The summed E-state index contributed by atoms with van der Waals surface area (Å²) in [6.45, 7) is -0.789. The molecule has 1 aliphatic rings. The van der Waals surface area contributed by atoms with Crippen molar-refractivity contribution in [2.75, 3.05) is 6.61 Å². The van der Waals surface area contributed by atoms with Gasteiger partial charge in [0.25, 0.3) is 0 Å². The van der Waals surface area contributed by atoms with Crippen molar-refractivity contribution in [1.29, 1.82) is 0 Å². The summed E-state index contributed by atoms with van der Waals surface area (Å²) in [6.07, 6.45) is -8.72. The SMILES string of the molecule is [2H]c1c([2H])c(-c2oc3cc(O)cc(O)c3c(=O)c2O)c([2H])c(O)c1O[C@@H]1O[C@H](CO)[C@@H](O)[C@H](O)[C@H]1O. The molecule has 3 aromatic rings. The van der Waals surface area contributed by atoms with E-state index in [-0.39, 0.29) is 0 Å². The highest BCUT2D eigenvalue weighted by atomic mass is 16.7. The number of benzene rings is 2. The van der Waals surface area contributed by atoms with E-state index in [1.165, 1.54) is 0 Å². The van der Waals surface area contributed by atoms with Gasteiger partial charge < -0.3 is 54.7 Å². The second-order valence-corrected chi connectivity index (χ2v) is 7.19. The Morgan fingerprint density at radius 3 is 2.42 bits per heavy atom. The number of aliphatic hydroxyl groups is 4. The van der Waals surface area contributed by atoms with E-state index >= 15 is 0 Å². The Labute approximate surface area is 188 Å². The first-order valence-corrected chi connectivity index (χ1v) is 9.41. The fourth-order valence-electron chi connectivity index (χ4n) is 3.31. The molecular weight excluding hydrogens is 444 g/mol. The average Bonchev–Trinajstić information content (AvgIpc) is 2.83. The number of phenolic OH excluding ortho intramolecular Hbond substituents is 3. The minimum absolute atomic E-state index is 0.434. The number of hydrogen-bond donors (Lipinski definition) is 8. The zero-order chi connectivity index (χ0) is 26.6. The molecule has 4 rings (SSSR count). The van der Waals surface area contributed by atoms with Crippen LogP contribution < -0.4 is 10.2 Å². The van der Waals surface area contributed by atoms with Crippen LogP contribution in [0.25, 0.3) is 22.3 Å². The fourth-order valence-corrected chi connectivity index (χ4v) is 3.31. The molecule has 0 bridgehead atoms. The Morgan fingerprint density at radius 1 is 1.00 bits per heavy atom. The summed E-state index contributed by atoms with van der Waals surface area (Å²) >= 11 is 0. The van der Waals surface area contributed by atoms with Gasteiger partial charge in [-0.05, 0) is 18.1 Å². The van der Waals surface area contributed by atoms with Gasteiger partial charge >= 0.3 is 0 Å². The lowest BCUT2D eigenvalue weighted by molar-refractivity contribution is -0.277. The van der Waals surface area contributed by atoms with Crippen molar-refractivity contribution in [3.8, 4) is 40.1 Å². The molecule has 0 aliphatic carbocycles. The van der Waals surface area contributed by atoms with Gasteiger partial charge in [0.1, 0.15) is 46.9 Å². The Morgan fingerprint density at radius 2 is 1.73 bits per heavy atom. The first-order valence-electron chi connectivity index (χ1n) is 10.9. The molecule has 0 amide bonds. The lowest BCUT2D eigenvalue weighted by Crippen LogP contribution is -2.60. The van der Waals surface area contributed by atoms with Crippen LogP contribution in [0.1, 0.15) is 4.11 Å². The van der Waals surface area contributed by atoms with E-state index in [0.29, 0.717) is 0 Å². The second kappa shape index (κ2) is 8.42. The summed E-state index contributed by atoms with van der Waals surface area (Å²) in [5.41, 5.74) is -2.34. The molecule has 1 fully saturated rings. The van der Waals surface area contributed by atoms with Gasteiger partial charge in [-0.2, -0.15) is 0 Å². The molecule has 0 saturated carbocycles.